The lowest BCUT2D eigenvalue weighted by Crippen LogP contribution is -2.17. The number of amides is 1. The normalized spacial score (nSPS) is 12.3. The molecular formula is C25H15F6N5O3. The quantitative estimate of drug-likeness (QED) is 0.229. The van der Waals surface area contributed by atoms with Gasteiger partial charge in [0.05, 0.1) is 5.69 Å². The number of ether oxygens (including phenoxy) is 2. The number of hydrogen-bond acceptors (Lipinski definition) is 6. The molecule has 14 heteroatoms. The van der Waals surface area contributed by atoms with E-state index >= 15 is 0 Å². The molecule has 4 rings (SSSR count). The summed E-state index contributed by atoms with van der Waals surface area (Å²) in [6.07, 6.45) is -4.04. The molecule has 0 saturated heterocycles. The zero-order chi connectivity index (χ0) is 28.2. The predicted octanol–water partition coefficient (Wildman–Crippen LogP) is 6.17. The van der Waals surface area contributed by atoms with Crippen molar-refractivity contribution in [3.05, 3.63) is 84.4 Å². The molecule has 1 atom stereocenters. The number of anilines is 1. The van der Waals surface area contributed by atoms with Crippen LogP contribution in [-0.2, 0) is 10.9 Å². The predicted molar refractivity (Wildman–Crippen MR) is 124 cm³/mol. The number of terminal acetylenes is 1. The number of rotatable bonds is 6. The van der Waals surface area contributed by atoms with Crippen molar-refractivity contribution in [2.75, 3.05) is 5.32 Å². The largest absolute Gasteiger partial charge is 0.573 e. The van der Waals surface area contributed by atoms with E-state index in [1.165, 1.54) is 35.3 Å². The Morgan fingerprint density at radius 2 is 1.64 bits per heavy atom. The molecule has 1 N–H and O–H groups in total. The van der Waals surface area contributed by atoms with Gasteiger partial charge in [0.25, 0.3) is 0 Å². The smallest absolute Gasteiger partial charge is 0.428 e. The molecular weight excluding hydrogens is 532 g/mol. The first kappa shape index (κ1) is 27.0. The summed E-state index contributed by atoms with van der Waals surface area (Å²) < 4.78 is 85.3. The summed E-state index contributed by atoms with van der Waals surface area (Å²) >= 11 is 0. The van der Waals surface area contributed by atoms with Crippen LogP contribution in [0.5, 0.6) is 5.75 Å². The summed E-state index contributed by atoms with van der Waals surface area (Å²) in [6, 6.07) is 13.1. The number of halogens is 6. The summed E-state index contributed by atoms with van der Waals surface area (Å²) in [5.74, 6) is 2.09. The van der Waals surface area contributed by atoms with Crippen molar-refractivity contribution in [1.29, 1.82) is 0 Å². The van der Waals surface area contributed by atoms with Crippen LogP contribution in [0.25, 0.3) is 17.1 Å². The van der Waals surface area contributed by atoms with E-state index in [-0.39, 0.29) is 11.3 Å². The monoisotopic (exact) mass is 547 g/mol. The molecule has 4 aromatic rings. The molecule has 0 aliphatic rings. The van der Waals surface area contributed by atoms with E-state index in [9.17, 15) is 31.1 Å². The Kier molecular flexibility index (Phi) is 7.43. The summed E-state index contributed by atoms with van der Waals surface area (Å²) in [5.41, 5.74) is 0.280. The van der Waals surface area contributed by atoms with Crippen LogP contribution in [0.3, 0.4) is 0 Å². The highest BCUT2D eigenvalue weighted by molar-refractivity contribution is 5.85. The lowest BCUT2D eigenvalue weighted by molar-refractivity contribution is -0.274. The van der Waals surface area contributed by atoms with Gasteiger partial charge in [-0.1, -0.05) is 12.0 Å². The van der Waals surface area contributed by atoms with Gasteiger partial charge in [0, 0.05) is 23.0 Å². The van der Waals surface area contributed by atoms with E-state index in [0.29, 0.717) is 22.8 Å². The molecule has 0 spiro atoms. The van der Waals surface area contributed by atoms with Crippen molar-refractivity contribution in [1.82, 2.24) is 19.7 Å². The van der Waals surface area contributed by atoms with Crippen molar-refractivity contribution in [2.45, 2.75) is 18.6 Å². The minimum Gasteiger partial charge on any atom is -0.428 e. The number of aromatic nitrogens is 4. The maximum absolute atomic E-state index is 12.7. The van der Waals surface area contributed by atoms with Crippen LogP contribution < -0.4 is 10.1 Å². The maximum atomic E-state index is 12.7. The Hall–Kier alpha value is -5.06. The maximum Gasteiger partial charge on any atom is 0.573 e. The van der Waals surface area contributed by atoms with E-state index in [1.54, 1.807) is 12.1 Å². The van der Waals surface area contributed by atoms with Crippen molar-refractivity contribution >= 4 is 11.8 Å². The molecule has 200 valence electrons. The molecule has 39 heavy (non-hydrogen) atoms. The van der Waals surface area contributed by atoms with Crippen LogP contribution in [0, 0.1) is 12.3 Å². The van der Waals surface area contributed by atoms with Gasteiger partial charge in [-0.3, -0.25) is 10.3 Å². The standard InChI is InChI=1S/C25H15F6N5O3/c1-2-20(16-5-12-21(32-13-16)24(26,27)28)38-23(37)34-17-6-3-15(4-7-17)22-33-14-36(35-22)18-8-10-19(11-9-18)39-25(29,30)31/h1,3-14,20H,(H,34,37). The number of pyridine rings is 1. The third kappa shape index (κ3) is 7.04. The van der Waals surface area contributed by atoms with Crippen LogP contribution >= 0.6 is 0 Å². The molecule has 0 aliphatic carbocycles. The van der Waals surface area contributed by atoms with Gasteiger partial charge < -0.3 is 9.47 Å². The number of hydrogen-bond donors (Lipinski definition) is 1. The third-order valence-corrected chi connectivity index (χ3v) is 4.97. The average Bonchev–Trinajstić information content (AvgIpc) is 3.37. The molecule has 0 saturated carbocycles. The Morgan fingerprint density at radius 1 is 0.949 bits per heavy atom. The minimum atomic E-state index is -4.80. The molecule has 1 amide bonds. The van der Waals surface area contributed by atoms with Gasteiger partial charge in [-0.25, -0.2) is 14.5 Å². The molecule has 0 bridgehead atoms. The Labute approximate surface area is 216 Å². The van der Waals surface area contributed by atoms with Crippen molar-refractivity contribution in [3.63, 3.8) is 0 Å². The molecule has 0 radical (unpaired) electrons. The molecule has 1 unspecified atom stereocenters. The summed E-state index contributed by atoms with van der Waals surface area (Å²) in [6.45, 7) is 0. The number of nitrogens with one attached hydrogen (secondary N) is 1. The number of benzene rings is 2. The highest BCUT2D eigenvalue weighted by atomic mass is 19.4. The Balaban J connectivity index is 1.37. The Bertz CT molecular complexity index is 1480. The zero-order valence-corrected chi connectivity index (χ0v) is 19.4. The average molecular weight is 547 g/mol. The van der Waals surface area contributed by atoms with Gasteiger partial charge in [-0.2, -0.15) is 13.2 Å². The van der Waals surface area contributed by atoms with E-state index in [2.05, 4.69) is 31.0 Å². The fourth-order valence-corrected chi connectivity index (χ4v) is 3.20. The molecule has 2 heterocycles. The highest BCUT2D eigenvalue weighted by Gasteiger charge is 2.32. The zero-order valence-electron chi connectivity index (χ0n) is 19.4. The minimum absolute atomic E-state index is 0.0835. The molecule has 2 aromatic carbocycles. The van der Waals surface area contributed by atoms with Crippen LogP contribution in [0.4, 0.5) is 36.8 Å². The topological polar surface area (TPSA) is 91.2 Å². The van der Waals surface area contributed by atoms with Gasteiger partial charge in [-0.05, 0) is 54.6 Å². The second-order valence-electron chi connectivity index (χ2n) is 7.68. The molecule has 2 aromatic heterocycles. The third-order valence-electron chi connectivity index (χ3n) is 4.97. The summed E-state index contributed by atoms with van der Waals surface area (Å²) in [7, 11) is 0. The van der Waals surface area contributed by atoms with Crippen LogP contribution in [0.15, 0.2) is 73.2 Å². The number of alkyl halides is 6. The first-order valence-electron chi connectivity index (χ1n) is 10.8. The first-order valence-corrected chi connectivity index (χ1v) is 10.8. The fraction of sp³-hybridized carbons (Fsp3) is 0.120. The van der Waals surface area contributed by atoms with Gasteiger partial charge >= 0.3 is 18.6 Å². The van der Waals surface area contributed by atoms with E-state index in [4.69, 9.17) is 11.2 Å². The second-order valence-corrected chi connectivity index (χ2v) is 7.68. The van der Waals surface area contributed by atoms with Crippen molar-refractivity contribution in [2.24, 2.45) is 0 Å². The fourth-order valence-electron chi connectivity index (χ4n) is 3.20. The van der Waals surface area contributed by atoms with Crippen LogP contribution in [0.1, 0.15) is 17.4 Å². The first-order chi connectivity index (χ1) is 18.4. The van der Waals surface area contributed by atoms with Gasteiger partial charge in [0.1, 0.15) is 17.8 Å². The van der Waals surface area contributed by atoms with E-state index in [1.807, 2.05) is 0 Å². The van der Waals surface area contributed by atoms with Crippen LogP contribution in [-0.4, -0.2) is 32.2 Å². The van der Waals surface area contributed by atoms with Gasteiger partial charge in [-0.15, -0.1) is 24.7 Å². The van der Waals surface area contributed by atoms with E-state index in [0.717, 1.165) is 30.5 Å². The SMILES string of the molecule is C#CC(OC(=O)Nc1ccc(-c2ncn(-c3ccc(OC(F)(F)F)cc3)n2)cc1)c1ccc(C(F)(F)F)nc1. The molecule has 0 fully saturated rings. The Morgan fingerprint density at radius 3 is 2.21 bits per heavy atom. The lowest BCUT2D eigenvalue weighted by atomic mass is 10.1. The molecule has 0 aliphatic heterocycles. The number of nitrogens with zero attached hydrogens (tertiary/aromatic N) is 4. The van der Waals surface area contributed by atoms with Crippen molar-refractivity contribution in [3.8, 4) is 35.2 Å². The van der Waals surface area contributed by atoms with Crippen LogP contribution in [0.2, 0.25) is 0 Å². The second kappa shape index (κ2) is 10.7. The van der Waals surface area contributed by atoms with Gasteiger partial charge in [0.15, 0.2) is 11.9 Å². The number of carbonyl (C=O) groups is 1. The lowest BCUT2D eigenvalue weighted by Gasteiger charge is -2.14. The molecule has 8 nitrogen and oxygen atoms in total. The summed E-state index contributed by atoms with van der Waals surface area (Å²) in [4.78, 5) is 19.7. The van der Waals surface area contributed by atoms with Crippen molar-refractivity contribution < 1.29 is 40.6 Å². The number of carbonyl (C=O) groups excluding carboxylic acids is 1. The highest BCUT2D eigenvalue weighted by Crippen LogP contribution is 2.29. The van der Waals surface area contributed by atoms with Gasteiger partial charge in [0.2, 0.25) is 0 Å². The van der Waals surface area contributed by atoms with E-state index < -0.39 is 30.4 Å². The summed E-state index contributed by atoms with van der Waals surface area (Å²) in [5, 5.41) is 6.73.